The van der Waals surface area contributed by atoms with Gasteiger partial charge in [-0.2, -0.15) is 5.26 Å². The summed E-state index contributed by atoms with van der Waals surface area (Å²) in [5.74, 6) is 0.0705. The Bertz CT molecular complexity index is 1200. The van der Waals surface area contributed by atoms with Crippen molar-refractivity contribution < 1.29 is 17.2 Å². The van der Waals surface area contributed by atoms with Crippen molar-refractivity contribution in [3.05, 3.63) is 99.6 Å². The minimum absolute atomic E-state index is 0.187. The first kappa shape index (κ1) is 27.5. The second-order valence-corrected chi connectivity index (χ2v) is 10.8. The Kier molecular flexibility index (Phi) is 10.2. The lowest BCUT2D eigenvalue weighted by atomic mass is 9.93. The summed E-state index contributed by atoms with van der Waals surface area (Å²) < 4.78 is 48.7. The van der Waals surface area contributed by atoms with Crippen molar-refractivity contribution in [1.82, 2.24) is 0 Å². The van der Waals surface area contributed by atoms with Crippen molar-refractivity contribution in [2.24, 2.45) is 5.92 Å². The lowest BCUT2D eigenvalue weighted by Crippen LogP contribution is -2.02. The van der Waals surface area contributed by atoms with Crippen LogP contribution >= 0.6 is 11.6 Å². The normalized spacial score (nSPS) is 11.8. The summed E-state index contributed by atoms with van der Waals surface area (Å²) in [5, 5.41) is 8.86. The minimum Gasteiger partial charge on any atom is -0.224 e. The van der Waals surface area contributed by atoms with Crippen molar-refractivity contribution in [2.75, 3.05) is 6.26 Å². The largest absolute Gasteiger partial charge is 0.224 e. The molecule has 3 aromatic carbocycles. The minimum atomic E-state index is -3.14. The molecule has 0 spiro atoms. The van der Waals surface area contributed by atoms with Crippen LogP contribution in [0.3, 0.4) is 0 Å². The van der Waals surface area contributed by atoms with Crippen LogP contribution < -0.4 is 0 Å². The summed E-state index contributed by atoms with van der Waals surface area (Å²) in [6.45, 7) is 4.11. The molecular weight excluding hydrogens is 476 g/mol. The van der Waals surface area contributed by atoms with Gasteiger partial charge >= 0.3 is 0 Å². The monoisotopic (exact) mass is 503 g/mol. The molecule has 7 heteroatoms. The van der Waals surface area contributed by atoms with E-state index >= 15 is 0 Å². The van der Waals surface area contributed by atoms with Crippen LogP contribution in [0.25, 0.3) is 0 Å². The molecule has 0 aromatic heterocycles. The first-order valence-corrected chi connectivity index (χ1v) is 13.2. The molecule has 3 rings (SSSR count). The number of hydrogen-bond acceptors (Lipinski definition) is 3. The highest BCUT2D eigenvalue weighted by molar-refractivity contribution is 7.90. The molecule has 1 unspecified atom stereocenters. The van der Waals surface area contributed by atoms with E-state index in [9.17, 15) is 17.2 Å². The van der Waals surface area contributed by atoms with Gasteiger partial charge < -0.3 is 0 Å². The fourth-order valence-electron chi connectivity index (χ4n) is 3.39. The van der Waals surface area contributed by atoms with Gasteiger partial charge in [0.1, 0.15) is 11.6 Å². The molecular formula is C27H28ClF2NO2S. The topological polar surface area (TPSA) is 57.9 Å². The molecule has 0 N–H and O–H groups in total. The van der Waals surface area contributed by atoms with Crippen molar-refractivity contribution in [1.29, 1.82) is 5.26 Å². The van der Waals surface area contributed by atoms with Crippen LogP contribution in [0, 0.1) is 35.8 Å². The molecule has 0 amide bonds. The average Bonchev–Trinajstić information content (AvgIpc) is 2.78. The van der Waals surface area contributed by atoms with Crippen LogP contribution in [-0.2, 0) is 22.7 Å². The van der Waals surface area contributed by atoms with Gasteiger partial charge in [-0.3, -0.25) is 0 Å². The van der Waals surface area contributed by atoms with E-state index in [2.05, 4.69) is 6.92 Å². The Morgan fingerprint density at radius 3 is 2.06 bits per heavy atom. The quantitative estimate of drug-likeness (QED) is 0.346. The lowest BCUT2D eigenvalue weighted by molar-refractivity contribution is 0.485. The number of sulfone groups is 1. The van der Waals surface area contributed by atoms with Crippen molar-refractivity contribution in [2.45, 2.75) is 44.4 Å². The molecule has 3 aromatic rings. The number of nitrogens with zero attached hydrogens (tertiary/aromatic N) is 1. The van der Waals surface area contributed by atoms with Gasteiger partial charge in [-0.25, -0.2) is 17.2 Å². The van der Waals surface area contributed by atoms with Gasteiger partial charge in [0.2, 0.25) is 0 Å². The number of halogens is 3. The number of aryl methyl sites for hydroxylation is 3. The van der Waals surface area contributed by atoms with Gasteiger partial charge in [-0.1, -0.05) is 30.7 Å². The molecule has 180 valence electrons. The second kappa shape index (κ2) is 12.6. The Morgan fingerprint density at radius 1 is 0.941 bits per heavy atom. The summed E-state index contributed by atoms with van der Waals surface area (Å²) in [7, 11) is -3.14. The van der Waals surface area contributed by atoms with Crippen molar-refractivity contribution in [3.63, 3.8) is 0 Å². The fourth-order valence-corrected chi connectivity index (χ4v) is 4.18. The first-order chi connectivity index (χ1) is 16.0. The third-order valence-electron chi connectivity index (χ3n) is 5.54. The fraction of sp³-hybridized carbons (Fsp3) is 0.296. The predicted octanol–water partition coefficient (Wildman–Crippen LogP) is 7.09. The zero-order chi connectivity index (χ0) is 25.3. The van der Waals surface area contributed by atoms with E-state index < -0.39 is 9.84 Å². The van der Waals surface area contributed by atoms with Gasteiger partial charge in [0.25, 0.3) is 0 Å². The molecule has 0 heterocycles. The van der Waals surface area contributed by atoms with Crippen molar-refractivity contribution >= 4 is 21.4 Å². The maximum Gasteiger partial charge on any atom is 0.175 e. The Hall–Kier alpha value is -2.75. The van der Waals surface area contributed by atoms with Crippen LogP contribution in [0.5, 0.6) is 0 Å². The zero-order valence-corrected chi connectivity index (χ0v) is 21.1. The molecule has 0 saturated heterocycles. The summed E-state index contributed by atoms with van der Waals surface area (Å²) in [5.41, 5.74) is 3.36. The molecule has 3 nitrogen and oxygen atoms in total. The van der Waals surface area contributed by atoms with Gasteiger partial charge in [-0.15, -0.1) is 0 Å². The van der Waals surface area contributed by atoms with Crippen LogP contribution in [0.15, 0.2) is 65.6 Å². The zero-order valence-electron chi connectivity index (χ0n) is 19.5. The standard InChI is InChI=1S/C19H21ClF2.C8H7NO2S/c1-13(3-5-15-8-10-18(21)11-14(15)2)4-6-16-7-9-17(20)12-19(16)22;1-12(10,11)8-4-2-7(6-9)3-5-8/h7-13H,3-6H2,1-2H3;2-5H,1H3. The molecule has 1 atom stereocenters. The van der Waals surface area contributed by atoms with E-state index in [1.165, 1.54) is 42.0 Å². The summed E-state index contributed by atoms with van der Waals surface area (Å²) in [6, 6.07) is 17.5. The van der Waals surface area contributed by atoms with E-state index in [0.29, 0.717) is 28.5 Å². The lowest BCUT2D eigenvalue weighted by Gasteiger charge is -2.13. The van der Waals surface area contributed by atoms with E-state index in [0.717, 1.165) is 31.1 Å². The highest BCUT2D eigenvalue weighted by Crippen LogP contribution is 2.21. The SMILES string of the molecule is CS(=O)(=O)c1ccc(C#N)cc1.Cc1cc(F)ccc1CCC(C)CCc1ccc(Cl)cc1F. The van der Waals surface area contributed by atoms with Crippen LogP contribution in [0.1, 0.15) is 42.0 Å². The highest BCUT2D eigenvalue weighted by atomic mass is 35.5. The van der Waals surface area contributed by atoms with Gasteiger partial charge in [-0.05, 0) is 104 Å². The van der Waals surface area contributed by atoms with E-state index in [1.54, 1.807) is 18.2 Å². The third-order valence-corrected chi connectivity index (χ3v) is 6.91. The molecule has 34 heavy (non-hydrogen) atoms. The molecule has 0 radical (unpaired) electrons. The van der Waals surface area contributed by atoms with E-state index in [-0.39, 0.29) is 16.5 Å². The van der Waals surface area contributed by atoms with Gasteiger partial charge in [0, 0.05) is 11.3 Å². The Labute approximate surface area is 205 Å². The van der Waals surface area contributed by atoms with Crippen molar-refractivity contribution in [3.8, 4) is 6.07 Å². The molecule has 0 aliphatic heterocycles. The summed E-state index contributed by atoms with van der Waals surface area (Å²) in [6.07, 6.45) is 4.72. The van der Waals surface area contributed by atoms with E-state index in [4.69, 9.17) is 16.9 Å². The third kappa shape index (κ3) is 8.89. The average molecular weight is 504 g/mol. The molecule has 0 saturated carbocycles. The first-order valence-electron chi connectivity index (χ1n) is 10.9. The Morgan fingerprint density at radius 2 is 1.53 bits per heavy atom. The molecule has 0 fully saturated rings. The second-order valence-electron chi connectivity index (χ2n) is 8.40. The predicted molar refractivity (Wildman–Crippen MR) is 133 cm³/mol. The van der Waals surface area contributed by atoms with Gasteiger partial charge in [0.15, 0.2) is 9.84 Å². The smallest absolute Gasteiger partial charge is 0.175 e. The van der Waals surface area contributed by atoms with Gasteiger partial charge in [0.05, 0.1) is 16.5 Å². The number of rotatable bonds is 7. The maximum atomic E-state index is 13.7. The number of nitriles is 1. The molecule has 0 aliphatic carbocycles. The molecule has 0 aliphatic rings. The number of hydrogen-bond donors (Lipinski definition) is 0. The Balaban J connectivity index is 0.000000287. The maximum absolute atomic E-state index is 13.7. The summed E-state index contributed by atoms with van der Waals surface area (Å²) in [4.78, 5) is 0.238. The molecule has 0 bridgehead atoms. The van der Waals surface area contributed by atoms with Crippen LogP contribution in [-0.4, -0.2) is 14.7 Å². The highest BCUT2D eigenvalue weighted by Gasteiger charge is 2.09. The number of benzene rings is 3. The van der Waals surface area contributed by atoms with Crippen LogP contribution in [0.4, 0.5) is 8.78 Å². The van der Waals surface area contributed by atoms with E-state index in [1.807, 2.05) is 19.1 Å². The van der Waals surface area contributed by atoms with Crippen LogP contribution in [0.2, 0.25) is 5.02 Å². The summed E-state index contributed by atoms with van der Waals surface area (Å²) >= 11 is 5.76.